The lowest BCUT2D eigenvalue weighted by atomic mass is 10.0. The van der Waals surface area contributed by atoms with Crippen LogP contribution in [0.15, 0.2) is 18.2 Å². The Kier molecular flexibility index (Phi) is 2.50. The summed E-state index contributed by atoms with van der Waals surface area (Å²) in [6.45, 7) is 2.00. The molecule has 2 bridgehead atoms. The van der Waals surface area contributed by atoms with E-state index in [1.807, 2.05) is 6.92 Å². The van der Waals surface area contributed by atoms with Crippen molar-refractivity contribution in [1.82, 2.24) is 5.32 Å². The van der Waals surface area contributed by atoms with Crippen LogP contribution in [0.3, 0.4) is 0 Å². The van der Waals surface area contributed by atoms with Crippen LogP contribution in [0.1, 0.15) is 37.8 Å². The van der Waals surface area contributed by atoms with Crippen molar-refractivity contribution < 1.29 is 8.78 Å². The quantitative estimate of drug-likeness (QED) is 0.877. The first-order chi connectivity index (χ1) is 9.13. The van der Waals surface area contributed by atoms with E-state index in [2.05, 4.69) is 5.32 Å². The maximum Gasteiger partial charge on any atom is 0.126 e. The third-order valence-electron chi connectivity index (χ3n) is 5.56. The predicted octanol–water partition coefficient (Wildman–Crippen LogP) is 3.66. The fraction of sp³-hybridized carbons (Fsp3) is 0.625. The molecule has 102 valence electrons. The number of nitrogens with one attached hydrogen (secondary N) is 1. The van der Waals surface area contributed by atoms with Crippen LogP contribution in [-0.4, -0.2) is 6.04 Å². The second kappa shape index (κ2) is 4.02. The lowest BCUT2D eigenvalue weighted by molar-refractivity contribution is 0.431. The van der Waals surface area contributed by atoms with E-state index in [1.165, 1.54) is 31.4 Å². The van der Waals surface area contributed by atoms with E-state index in [4.69, 9.17) is 0 Å². The minimum absolute atomic E-state index is 0.0280. The third-order valence-corrected chi connectivity index (χ3v) is 5.56. The van der Waals surface area contributed by atoms with Crippen molar-refractivity contribution in [3.63, 3.8) is 0 Å². The van der Waals surface area contributed by atoms with Crippen molar-refractivity contribution in [2.24, 2.45) is 23.7 Å². The maximum atomic E-state index is 13.2. The highest BCUT2D eigenvalue weighted by atomic mass is 19.1. The normalized spacial score (nSPS) is 40.3. The van der Waals surface area contributed by atoms with Crippen LogP contribution in [0.2, 0.25) is 0 Å². The van der Waals surface area contributed by atoms with Crippen LogP contribution < -0.4 is 5.32 Å². The van der Waals surface area contributed by atoms with Crippen LogP contribution >= 0.6 is 0 Å². The lowest BCUT2D eigenvalue weighted by Gasteiger charge is -2.17. The van der Waals surface area contributed by atoms with Gasteiger partial charge in [-0.2, -0.15) is 0 Å². The van der Waals surface area contributed by atoms with Gasteiger partial charge >= 0.3 is 0 Å². The fourth-order valence-electron chi connectivity index (χ4n) is 4.76. The highest BCUT2D eigenvalue weighted by Crippen LogP contribution is 2.65. The molecule has 3 aliphatic rings. The van der Waals surface area contributed by atoms with Gasteiger partial charge in [-0.05, 0) is 67.6 Å². The first-order valence-corrected chi connectivity index (χ1v) is 7.35. The summed E-state index contributed by atoms with van der Waals surface area (Å²) in [6.07, 6.45) is 4.22. The topological polar surface area (TPSA) is 12.0 Å². The Morgan fingerprint density at radius 3 is 2.21 bits per heavy atom. The number of hydrogen-bond acceptors (Lipinski definition) is 1. The summed E-state index contributed by atoms with van der Waals surface area (Å²) in [5.74, 6) is 2.56. The van der Waals surface area contributed by atoms with Gasteiger partial charge < -0.3 is 5.32 Å². The van der Waals surface area contributed by atoms with Crippen molar-refractivity contribution >= 4 is 0 Å². The average molecular weight is 263 g/mol. The Labute approximate surface area is 112 Å². The van der Waals surface area contributed by atoms with Gasteiger partial charge in [-0.15, -0.1) is 0 Å². The molecular formula is C16H19F2N. The van der Waals surface area contributed by atoms with Gasteiger partial charge in [-0.25, -0.2) is 8.78 Å². The van der Waals surface area contributed by atoms with Crippen LogP contribution in [0.25, 0.3) is 0 Å². The molecule has 3 fully saturated rings. The molecule has 3 saturated carbocycles. The van der Waals surface area contributed by atoms with Gasteiger partial charge in [0.25, 0.3) is 0 Å². The van der Waals surface area contributed by atoms with Crippen molar-refractivity contribution in [3.8, 4) is 0 Å². The second-order valence-electron chi connectivity index (χ2n) is 6.60. The fourth-order valence-corrected chi connectivity index (χ4v) is 4.76. The molecule has 1 aromatic rings. The minimum atomic E-state index is -0.486. The summed E-state index contributed by atoms with van der Waals surface area (Å²) < 4.78 is 26.5. The highest BCUT2D eigenvalue weighted by Gasteiger charge is 2.64. The van der Waals surface area contributed by atoms with E-state index in [-0.39, 0.29) is 6.04 Å². The van der Waals surface area contributed by atoms with Gasteiger partial charge in [0.05, 0.1) is 0 Å². The molecule has 0 aromatic heterocycles. The number of halogens is 2. The molecular weight excluding hydrogens is 244 g/mol. The highest BCUT2D eigenvalue weighted by molar-refractivity contribution is 5.23. The minimum Gasteiger partial charge on any atom is -0.307 e. The first-order valence-electron chi connectivity index (χ1n) is 7.35. The molecule has 5 atom stereocenters. The average Bonchev–Trinajstić information content (AvgIpc) is 2.76. The van der Waals surface area contributed by atoms with Crippen LogP contribution in [0, 0.1) is 35.3 Å². The summed E-state index contributed by atoms with van der Waals surface area (Å²) in [6, 6.07) is 4.43. The molecule has 5 unspecified atom stereocenters. The van der Waals surface area contributed by atoms with E-state index >= 15 is 0 Å². The summed E-state index contributed by atoms with van der Waals surface area (Å²) in [5.41, 5.74) is 0.717. The van der Waals surface area contributed by atoms with Gasteiger partial charge in [0, 0.05) is 18.2 Å². The molecule has 19 heavy (non-hydrogen) atoms. The zero-order valence-corrected chi connectivity index (χ0v) is 11.1. The van der Waals surface area contributed by atoms with Gasteiger partial charge in [0.15, 0.2) is 0 Å². The van der Waals surface area contributed by atoms with Crippen LogP contribution in [-0.2, 0) is 0 Å². The van der Waals surface area contributed by atoms with E-state index in [0.29, 0.717) is 6.04 Å². The third kappa shape index (κ3) is 1.82. The monoisotopic (exact) mass is 263 g/mol. The summed E-state index contributed by atoms with van der Waals surface area (Å²) in [5, 5.41) is 3.59. The summed E-state index contributed by atoms with van der Waals surface area (Å²) in [7, 11) is 0. The molecule has 1 N–H and O–H groups in total. The maximum absolute atomic E-state index is 13.2. The molecule has 0 heterocycles. The molecule has 0 amide bonds. The van der Waals surface area contributed by atoms with E-state index in [1.54, 1.807) is 0 Å². The van der Waals surface area contributed by atoms with Crippen molar-refractivity contribution in [2.75, 3.05) is 0 Å². The number of rotatable bonds is 3. The van der Waals surface area contributed by atoms with Gasteiger partial charge in [0.1, 0.15) is 11.6 Å². The Morgan fingerprint density at radius 2 is 1.63 bits per heavy atom. The summed E-state index contributed by atoms with van der Waals surface area (Å²) >= 11 is 0. The van der Waals surface area contributed by atoms with Crippen molar-refractivity contribution in [3.05, 3.63) is 35.4 Å². The van der Waals surface area contributed by atoms with E-state index in [0.717, 1.165) is 35.3 Å². The number of fused-ring (bicyclic) bond motifs is 5. The van der Waals surface area contributed by atoms with Crippen LogP contribution in [0.5, 0.6) is 0 Å². The predicted molar refractivity (Wildman–Crippen MR) is 69.5 cm³/mol. The van der Waals surface area contributed by atoms with Crippen molar-refractivity contribution in [1.29, 1.82) is 0 Å². The van der Waals surface area contributed by atoms with Gasteiger partial charge in [-0.1, -0.05) is 0 Å². The zero-order chi connectivity index (χ0) is 13.1. The Balaban J connectivity index is 1.46. The molecule has 4 rings (SSSR count). The van der Waals surface area contributed by atoms with Crippen molar-refractivity contribution in [2.45, 2.75) is 38.3 Å². The van der Waals surface area contributed by atoms with E-state index < -0.39 is 11.6 Å². The standard InChI is InChI=1S/C16H19F2N/c1-8(11-5-12(17)7-13(18)6-11)19-16-14-9-2-3-10(4-9)15(14)16/h5-10,14-16,19H,2-4H2,1H3. The molecule has 3 heteroatoms. The largest absolute Gasteiger partial charge is 0.307 e. The Morgan fingerprint density at radius 1 is 1.05 bits per heavy atom. The SMILES string of the molecule is CC(NC1C2C3CCC(C3)C12)c1cc(F)cc(F)c1. The molecule has 3 aliphatic carbocycles. The van der Waals surface area contributed by atoms with E-state index in [9.17, 15) is 8.78 Å². The summed E-state index contributed by atoms with van der Waals surface area (Å²) in [4.78, 5) is 0. The Hall–Kier alpha value is -0.960. The molecule has 0 radical (unpaired) electrons. The first kappa shape index (κ1) is 11.8. The lowest BCUT2D eigenvalue weighted by Crippen LogP contribution is -2.26. The molecule has 1 aromatic carbocycles. The number of hydrogen-bond donors (Lipinski definition) is 1. The van der Waals surface area contributed by atoms with Gasteiger partial charge in [-0.3, -0.25) is 0 Å². The molecule has 0 saturated heterocycles. The molecule has 0 aliphatic heterocycles. The molecule has 0 spiro atoms. The number of benzene rings is 1. The van der Waals surface area contributed by atoms with Gasteiger partial charge in [0.2, 0.25) is 0 Å². The zero-order valence-electron chi connectivity index (χ0n) is 11.1. The second-order valence-corrected chi connectivity index (χ2v) is 6.60. The smallest absolute Gasteiger partial charge is 0.126 e. The molecule has 1 nitrogen and oxygen atoms in total. The van der Waals surface area contributed by atoms with Crippen LogP contribution in [0.4, 0.5) is 8.78 Å². The Bertz CT molecular complexity index is 479.